The van der Waals surface area contributed by atoms with E-state index in [-0.39, 0.29) is 5.56 Å². The van der Waals surface area contributed by atoms with E-state index >= 15 is 0 Å². The van der Waals surface area contributed by atoms with Crippen LogP contribution in [-0.4, -0.2) is 21.7 Å². The minimum Gasteiger partial charge on any atom is -0.479 e. The molecule has 0 radical (unpaired) electrons. The van der Waals surface area contributed by atoms with Crippen LogP contribution >= 0.6 is 0 Å². The van der Waals surface area contributed by atoms with Crippen LogP contribution < -0.4 is 10.3 Å². The molecule has 5 heteroatoms. The number of pyridine rings is 1. The van der Waals surface area contributed by atoms with Crippen LogP contribution in [-0.2, 0) is 17.8 Å². The SMILES string of the molecule is CCC(Oc1cccc(CCCn2cc(-c3ccccc3-c3cccc4ccccc34)ccc2=O)c1)C(=O)O. The van der Waals surface area contributed by atoms with Gasteiger partial charge in [-0.2, -0.15) is 0 Å². The fourth-order valence-corrected chi connectivity index (χ4v) is 5.00. The highest BCUT2D eigenvalue weighted by Crippen LogP contribution is 2.35. The van der Waals surface area contributed by atoms with Gasteiger partial charge in [-0.3, -0.25) is 4.79 Å². The second-order valence-electron chi connectivity index (χ2n) is 9.63. The summed E-state index contributed by atoms with van der Waals surface area (Å²) < 4.78 is 7.40. The molecule has 39 heavy (non-hydrogen) atoms. The molecular formula is C34H31NO4. The number of fused-ring (bicyclic) bond motifs is 1. The Labute approximate surface area is 227 Å². The van der Waals surface area contributed by atoms with E-state index in [0.29, 0.717) is 18.7 Å². The zero-order valence-electron chi connectivity index (χ0n) is 21.9. The van der Waals surface area contributed by atoms with E-state index in [2.05, 4.69) is 54.6 Å². The second-order valence-corrected chi connectivity index (χ2v) is 9.63. The first-order valence-corrected chi connectivity index (χ1v) is 13.3. The van der Waals surface area contributed by atoms with Crippen molar-refractivity contribution in [2.75, 3.05) is 0 Å². The molecule has 1 N–H and O–H groups in total. The van der Waals surface area contributed by atoms with Gasteiger partial charge in [0.05, 0.1) is 0 Å². The Balaban J connectivity index is 1.36. The predicted octanol–water partition coefficient (Wildman–Crippen LogP) is 7.21. The molecule has 196 valence electrons. The van der Waals surface area contributed by atoms with Gasteiger partial charge >= 0.3 is 5.97 Å². The van der Waals surface area contributed by atoms with E-state index in [9.17, 15) is 14.7 Å². The average Bonchev–Trinajstić information content (AvgIpc) is 2.96. The van der Waals surface area contributed by atoms with Crippen LogP contribution in [0.25, 0.3) is 33.0 Å². The van der Waals surface area contributed by atoms with E-state index in [1.807, 2.05) is 42.6 Å². The normalized spacial score (nSPS) is 11.8. The number of carboxylic acid groups (broad SMARTS) is 1. The summed E-state index contributed by atoms with van der Waals surface area (Å²) in [5.41, 5.74) is 5.37. The summed E-state index contributed by atoms with van der Waals surface area (Å²) in [6.45, 7) is 2.36. The Morgan fingerprint density at radius 3 is 2.38 bits per heavy atom. The number of hydrogen-bond donors (Lipinski definition) is 1. The Morgan fingerprint density at radius 2 is 1.56 bits per heavy atom. The van der Waals surface area contributed by atoms with Gasteiger partial charge in [-0.05, 0) is 76.1 Å². The molecule has 0 saturated carbocycles. The molecule has 0 aliphatic rings. The molecule has 0 aliphatic carbocycles. The number of nitrogens with zero attached hydrogens (tertiary/aromatic N) is 1. The van der Waals surface area contributed by atoms with Crippen molar-refractivity contribution in [3.63, 3.8) is 0 Å². The van der Waals surface area contributed by atoms with E-state index in [1.165, 1.54) is 10.8 Å². The number of carboxylic acids is 1. The third-order valence-electron chi connectivity index (χ3n) is 6.99. The summed E-state index contributed by atoms with van der Waals surface area (Å²) in [6.07, 6.45) is 2.98. The van der Waals surface area contributed by atoms with Gasteiger partial charge in [-0.1, -0.05) is 85.8 Å². The van der Waals surface area contributed by atoms with Crippen LogP contribution in [0.3, 0.4) is 0 Å². The maximum Gasteiger partial charge on any atom is 0.344 e. The van der Waals surface area contributed by atoms with Crippen molar-refractivity contribution in [3.05, 3.63) is 125 Å². The molecule has 0 saturated heterocycles. The largest absolute Gasteiger partial charge is 0.479 e. The molecular weight excluding hydrogens is 486 g/mol. The third kappa shape index (κ3) is 5.93. The van der Waals surface area contributed by atoms with Crippen LogP contribution in [0.4, 0.5) is 0 Å². The molecule has 5 nitrogen and oxygen atoms in total. The number of aliphatic carboxylic acids is 1. The fraction of sp³-hybridized carbons (Fsp3) is 0.176. The van der Waals surface area contributed by atoms with Gasteiger partial charge in [-0.25, -0.2) is 4.79 Å². The van der Waals surface area contributed by atoms with Crippen molar-refractivity contribution in [1.29, 1.82) is 0 Å². The van der Waals surface area contributed by atoms with Crippen molar-refractivity contribution in [2.45, 2.75) is 38.8 Å². The number of rotatable bonds is 10. The van der Waals surface area contributed by atoms with Gasteiger partial charge in [0.1, 0.15) is 5.75 Å². The molecule has 0 fully saturated rings. The van der Waals surface area contributed by atoms with Gasteiger partial charge in [0.2, 0.25) is 0 Å². The molecule has 1 unspecified atom stereocenters. The van der Waals surface area contributed by atoms with Crippen molar-refractivity contribution >= 4 is 16.7 Å². The topological polar surface area (TPSA) is 68.5 Å². The highest BCUT2D eigenvalue weighted by atomic mass is 16.5. The van der Waals surface area contributed by atoms with Gasteiger partial charge in [0.25, 0.3) is 5.56 Å². The lowest BCUT2D eigenvalue weighted by atomic mass is 9.92. The molecule has 1 aromatic heterocycles. The van der Waals surface area contributed by atoms with Crippen LogP contribution in [0, 0.1) is 0 Å². The van der Waals surface area contributed by atoms with Crippen LogP contribution in [0.1, 0.15) is 25.3 Å². The number of aryl methyl sites for hydroxylation is 2. The van der Waals surface area contributed by atoms with E-state index < -0.39 is 12.1 Å². The lowest BCUT2D eigenvalue weighted by molar-refractivity contribution is -0.145. The van der Waals surface area contributed by atoms with Crippen molar-refractivity contribution in [1.82, 2.24) is 4.57 Å². The van der Waals surface area contributed by atoms with Gasteiger partial charge < -0.3 is 14.4 Å². The third-order valence-corrected chi connectivity index (χ3v) is 6.99. The molecule has 0 amide bonds. The standard InChI is InChI=1S/C34H31NO4/c1-2-32(34(37)38)39-27-14-7-10-24(22-27)11-9-21-35-23-26(19-20-33(35)36)29-16-5-6-17-30(29)31-18-8-13-25-12-3-4-15-28(25)31/h3-8,10,12-20,22-23,32H,2,9,11,21H2,1H3,(H,37,38). The van der Waals surface area contributed by atoms with E-state index in [0.717, 1.165) is 40.7 Å². The van der Waals surface area contributed by atoms with Gasteiger partial charge in [0.15, 0.2) is 6.10 Å². The first-order chi connectivity index (χ1) is 19.0. The Kier molecular flexibility index (Phi) is 7.88. The summed E-state index contributed by atoms with van der Waals surface area (Å²) in [5, 5.41) is 11.7. The summed E-state index contributed by atoms with van der Waals surface area (Å²) in [5.74, 6) is -0.421. The van der Waals surface area contributed by atoms with Crippen molar-refractivity contribution < 1.29 is 14.6 Å². The summed E-state index contributed by atoms with van der Waals surface area (Å²) >= 11 is 0. The zero-order valence-corrected chi connectivity index (χ0v) is 21.9. The Morgan fingerprint density at radius 1 is 0.846 bits per heavy atom. The van der Waals surface area contributed by atoms with Crippen LogP contribution in [0.2, 0.25) is 0 Å². The number of benzene rings is 4. The molecule has 0 bridgehead atoms. The molecule has 5 aromatic rings. The van der Waals surface area contributed by atoms with Crippen molar-refractivity contribution in [2.24, 2.45) is 0 Å². The maximum atomic E-state index is 12.7. The lowest BCUT2D eigenvalue weighted by Gasteiger charge is -2.15. The Bertz CT molecular complexity index is 1660. The maximum absolute atomic E-state index is 12.7. The quantitative estimate of drug-likeness (QED) is 0.213. The first-order valence-electron chi connectivity index (χ1n) is 13.3. The highest BCUT2D eigenvalue weighted by molar-refractivity contribution is 6.00. The minimum absolute atomic E-state index is 0.0364. The lowest BCUT2D eigenvalue weighted by Crippen LogP contribution is -2.25. The second kappa shape index (κ2) is 11.8. The van der Waals surface area contributed by atoms with Gasteiger partial charge in [0, 0.05) is 18.8 Å². The summed E-state index contributed by atoms with van der Waals surface area (Å²) in [7, 11) is 0. The van der Waals surface area contributed by atoms with E-state index in [4.69, 9.17) is 4.74 Å². The number of hydrogen-bond acceptors (Lipinski definition) is 3. The minimum atomic E-state index is -0.968. The number of carbonyl (C=O) groups is 1. The number of ether oxygens (including phenoxy) is 1. The van der Waals surface area contributed by atoms with Crippen LogP contribution in [0.5, 0.6) is 5.75 Å². The van der Waals surface area contributed by atoms with Crippen LogP contribution in [0.15, 0.2) is 114 Å². The molecule has 1 atom stereocenters. The molecule has 0 spiro atoms. The summed E-state index contributed by atoms with van der Waals surface area (Å²) in [6, 6.07) is 34.1. The first kappa shape index (κ1) is 26.0. The van der Waals surface area contributed by atoms with Crippen molar-refractivity contribution in [3.8, 4) is 28.0 Å². The fourth-order valence-electron chi connectivity index (χ4n) is 5.00. The highest BCUT2D eigenvalue weighted by Gasteiger charge is 2.17. The zero-order chi connectivity index (χ0) is 27.2. The molecule has 0 aliphatic heterocycles. The smallest absolute Gasteiger partial charge is 0.344 e. The molecule has 5 rings (SSSR count). The average molecular weight is 518 g/mol. The van der Waals surface area contributed by atoms with E-state index in [1.54, 1.807) is 23.6 Å². The predicted molar refractivity (Wildman–Crippen MR) is 156 cm³/mol. The molecule has 1 heterocycles. The molecule has 4 aromatic carbocycles. The summed E-state index contributed by atoms with van der Waals surface area (Å²) in [4.78, 5) is 24.0. The van der Waals surface area contributed by atoms with Gasteiger partial charge in [-0.15, -0.1) is 0 Å². The monoisotopic (exact) mass is 517 g/mol. The Hall–Kier alpha value is -4.64. The number of aromatic nitrogens is 1.